The number of phenols is 1. The Hall–Kier alpha value is -1.98. The number of ketones is 1. The summed E-state index contributed by atoms with van der Waals surface area (Å²) in [4.78, 5) is 11.8. The van der Waals surface area contributed by atoms with Gasteiger partial charge in [-0.1, -0.05) is 6.08 Å². The first-order chi connectivity index (χ1) is 9.33. The molecule has 0 spiro atoms. The van der Waals surface area contributed by atoms with Crippen LogP contribution in [0, 0.1) is 0 Å². The molecule has 0 radical (unpaired) electrons. The number of halogens is 3. The minimum absolute atomic E-state index is 0.150. The Morgan fingerprint density at radius 3 is 2.65 bits per heavy atom. The molecule has 1 aromatic rings. The van der Waals surface area contributed by atoms with Crippen molar-refractivity contribution in [1.82, 2.24) is 0 Å². The smallest absolute Gasteiger partial charge is 0.507 e. The number of alkyl halides is 3. The topological polar surface area (TPSA) is 46.5 Å². The molecule has 0 atom stereocenters. The van der Waals surface area contributed by atoms with Crippen molar-refractivity contribution in [3.8, 4) is 11.5 Å². The van der Waals surface area contributed by atoms with Gasteiger partial charge >= 0.3 is 6.36 Å². The number of hydrogen-bond donors (Lipinski definition) is 1. The van der Waals surface area contributed by atoms with Gasteiger partial charge in [-0.3, -0.25) is 4.79 Å². The van der Waals surface area contributed by atoms with Crippen LogP contribution in [0.5, 0.6) is 11.5 Å². The minimum Gasteiger partial charge on any atom is -0.507 e. The van der Waals surface area contributed by atoms with E-state index in [-0.39, 0.29) is 17.7 Å². The van der Waals surface area contributed by atoms with Crippen LogP contribution in [0.4, 0.5) is 13.2 Å². The Labute approximate surface area is 114 Å². The highest BCUT2D eigenvalue weighted by molar-refractivity contribution is 5.98. The average Bonchev–Trinajstić information content (AvgIpc) is 2.35. The molecule has 20 heavy (non-hydrogen) atoms. The lowest BCUT2D eigenvalue weighted by Crippen LogP contribution is -2.17. The molecule has 0 aliphatic carbocycles. The van der Waals surface area contributed by atoms with Crippen LogP contribution >= 0.6 is 0 Å². The molecule has 0 unspecified atom stereocenters. The molecule has 1 aromatic carbocycles. The van der Waals surface area contributed by atoms with E-state index in [1.165, 1.54) is 0 Å². The quantitative estimate of drug-likeness (QED) is 0.464. The lowest BCUT2D eigenvalue weighted by Gasteiger charge is -2.10. The maximum absolute atomic E-state index is 12.1. The van der Waals surface area contributed by atoms with E-state index in [9.17, 15) is 23.1 Å². The van der Waals surface area contributed by atoms with Crippen molar-refractivity contribution in [2.75, 3.05) is 0 Å². The summed E-state index contributed by atoms with van der Waals surface area (Å²) in [7, 11) is 0. The van der Waals surface area contributed by atoms with E-state index >= 15 is 0 Å². The molecular weight excluding hydrogens is 273 g/mol. The van der Waals surface area contributed by atoms with Crippen molar-refractivity contribution >= 4 is 5.78 Å². The highest BCUT2D eigenvalue weighted by Gasteiger charge is 2.31. The summed E-state index contributed by atoms with van der Waals surface area (Å²) in [5.74, 6) is -1.29. The van der Waals surface area contributed by atoms with Gasteiger partial charge in [-0.25, -0.2) is 0 Å². The predicted molar refractivity (Wildman–Crippen MR) is 67.8 cm³/mol. The molecule has 0 fully saturated rings. The summed E-state index contributed by atoms with van der Waals surface area (Å²) in [6.07, 6.45) is -0.863. The fourth-order valence-corrected chi connectivity index (χ4v) is 1.64. The molecule has 0 aliphatic rings. The fourth-order valence-electron chi connectivity index (χ4n) is 1.64. The Kier molecular flexibility index (Phi) is 5.61. The zero-order chi connectivity index (χ0) is 15.2. The molecule has 110 valence electrons. The van der Waals surface area contributed by atoms with Crippen LogP contribution in [-0.2, 0) is 0 Å². The first-order valence-electron chi connectivity index (χ1n) is 6.06. The summed E-state index contributed by atoms with van der Waals surface area (Å²) < 4.78 is 40.0. The summed E-state index contributed by atoms with van der Waals surface area (Å²) >= 11 is 0. The van der Waals surface area contributed by atoms with Crippen LogP contribution in [0.15, 0.2) is 30.9 Å². The van der Waals surface area contributed by atoms with Gasteiger partial charge in [0.1, 0.15) is 11.5 Å². The van der Waals surface area contributed by atoms with E-state index in [1.807, 2.05) is 0 Å². The number of benzene rings is 1. The standard InChI is InChI=1S/C14H15F3O3/c1-2-3-4-5-6-12(18)11-9-10(7-8-13(11)19)20-14(15,16)17/h2,7-9,19H,1,3-6H2. The molecule has 0 saturated heterocycles. The lowest BCUT2D eigenvalue weighted by atomic mass is 10.0. The number of rotatable bonds is 7. The summed E-state index contributed by atoms with van der Waals surface area (Å²) in [5.41, 5.74) is -0.162. The fraction of sp³-hybridized carbons (Fsp3) is 0.357. The molecule has 6 heteroatoms. The van der Waals surface area contributed by atoms with Crippen molar-refractivity contribution in [2.45, 2.75) is 32.0 Å². The third kappa shape index (κ3) is 5.34. The van der Waals surface area contributed by atoms with Gasteiger partial charge in [0, 0.05) is 6.42 Å². The second kappa shape index (κ2) is 6.98. The largest absolute Gasteiger partial charge is 0.573 e. The Morgan fingerprint density at radius 1 is 1.35 bits per heavy atom. The van der Waals surface area contributed by atoms with Crippen molar-refractivity contribution in [3.05, 3.63) is 36.4 Å². The maximum Gasteiger partial charge on any atom is 0.573 e. The van der Waals surface area contributed by atoms with Crippen LogP contribution in [0.2, 0.25) is 0 Å². The second-order valence-electron chi connectivity index (χ2n) is 4.18. The Balaban J connectivity index is 2.75. The molecule has 0 heterocycles. The van der Waals surface area contributed by atoms with Gasteiger partial charge in [-0.15, -0.1) is 19.8 Å². The molecule has 3 nitrogen and oxygen atoms in total. The van der Waals surface area contributed by atoms with Crippen molar-refractivity contribution in [1.29, 1.82) is 0 Å². The van der Waals surface area contributed by atoms with Gasteiger partial charge in [0.25, 0.3) is 0 Å². The SMILES string of the molecule is C=CCCCCC(=O)c1cc(OC(F)(F)F)ccc1O. The highest BCUT2D eigenvalue weighted by atomic mass is 19.4. The van der Waals surface area contributed by atoms with Gasteiger partial charge in [0.2, 0.25) is 0 Å². The molecule has 1 rings (SSSR count). The number of allylic oxidation sites excluding steroid dienone is 1. The van der Waals surface area contributed by atoms with Gasteiger partial charge in [0.15, 0.2) is 5.78 Å². The van der Waals surface area contributed by atoms with Crippen LogP contribution in [-0.4, -0.2) is 17.3 Å². The van der Waals surface area contributed by atoms with Crippen molar-refractivity contribution < 1.29 is 27.8 Å². The maximum atomic E-state index is 12.1. The Bertz CT molecular complexity index is 481. The summed E-state index contributed by atoms with van der Waals surface area (Å²) in [5, 5.41) is 9.53. The van der Waals surface area contributed by atoms with E-state index in [0.29, 0.717) is 6.42 Å². The van der Waals surface area contributed by atoms with Gasteiger partial charge < -0.3 is 9.84 Å². The number of ether oxygens (including phenoxy) is 1. The molecule has 0 saturated carbocycles. The molecular formula is C14H15F3O3. The predicted octanol–water partition coefficient (Wildman–Crippen LogP) is 4.22. The van der Waals surface area contributed by atoms with E-state index < -0.39 is 17.9 Å². The molecule has 0 aromatic heterocycles. The van der Waals surface area contributed by atoms with E-state index in [1.54, 1.807) is 6.08 Å². The number of Topliss-reactive ketones (excluding diaryl/α,β-unsaturated/α-hetero) is 1. The van der Waals surface area contributed by atoms with E-state index in [2.05, 4.69) is 11.3 Å². The van der Waals surface area contributed by atoms with Crippen LogP contribution < -0.4 is 4.74 Å². The van der Waals surface area contributed by atoms with Gasteiger partial charge in [0.05, 0.1) is 5.56 Å². The van der Waals surface area contributed by atoms with E-state index in [0.717, 1.165) is 31.0 Å². The zero-order valence-corrected chi connectivity index (χ0v) is 10.7. The monoisotopic (exact) mass is 288 g/mol. The third-order valence-corrected chi connectivity index (χ3v) is 2.56. The molecule has 1 N–H and O–H groups in total. The van der Waals surface area contributed by atoms with Crippen molar-refractivity contribution in [3.63, 3.8) is 0 Å². The number of aromatic hydroxyl groups is 1. The lowest BCUT2D eigenvalue weighted by molar-refractivity contribution is -0.274. The van der Waals surface area contributed by atoms with Crippen LogP contribution in [0.3, 0.4) is 0 Å². The first kappa shape index (κ1) is 16.1. The summed E-state index contributed by atoms with van der Waals surface area (Å²) in [6.45, 7) is 3.55. The Morgan fingerprint density at radius 2 is 2.05 bits per heavy atom. The van der Waals surface area contributed by atoms with Crippen molar-refractivity contribution in [2.24, 2.45) is 0 Å². The molecule has 0 bridgehead atoms. The number of hydrogen-bond acceptors (Lipinski definition) is 3. The third-order valence-electron chi connectivity index (χ3n) is 2.56. The second-order valence-corrected chi connectivity index (χ2v) is 4.18. The van der Waals surface area contributed by atoms with Gasteiger partial charge in [-0.2, -0.15) is 0 Å². The normalized spacial score (nSPS) is 11.2. The number of carbonyl (C=O) groups is 1. The number of unbranched alkanes of at least 4 members (excludes halogenated alkanes) is 2. The van der Waals surface area contributed by atoms with Crippen LogP contribution in [0.1, 0.15) is 36.0 Å². The molecule has 0 amide bonds. The minimum atomic E-state index is -4.83. The molecule has 0 aliphatic heterocycles. The van der Waals surface area contributed by atoms with Crippen LogP contribution in [0.25, 0.3) is 0 Å². The average molecular weight is 288 g/mol. The zero-order valence-electron chi connectivity index (χ0n) is 10.7. The van der Waals surface area contributed by atoms with E-state index in [4.69, 9.17) is 0 Å². The summed E-state index contributed by atoms with van der Waals surface area (Å²) in [6, 6.07) is 2.87. The number of carbonyl (C=O) groups excluding carboxylic acids is 1. The number of phenolic OH excluding ortho intramolecular Hbond substituents is 1. The first-order valence-corrected chi connectivity index (χ1v) is 6.06. The highest BCUT2D eigenvalue weighted by Crippen LogP contribution is 2.28. The van der Waals surface area contributed by atoms with Gasteiger partial charge in [-0.05, 0) is 37.5 Å².